The number of aliphatic hydroxyl groups excluding tert-OH is 1. The number of aromatic carboxylic acids is 1. The summed E-state index contributed by atoms with van der Waals surface area (Å²) in [6.45, 7) is 0.969. The van der Waals surface area contributed by atoms with E-state index in [0.29, 0.717) is 24.5 Å². The highest BCUT2D eigenvalue weighted by Crippen LogP contribution is 2.22. The predicted molar refractivity (Wildman–Crippen MR) is 126 cm³/mol. The Kier molecular flexibility index (Phi) is 9.24. The SMILES string of the molecule is Cl.O=C(O)c1cccc(S(=O)(=O)c2ccc(CCNC[C@@H](O)c3cccc(Cl)c3)cc2)c1. The number of hydrogen-bond acceptors (Lipinski definition) is 5. The molecule has 3 aromatic carbocycles. The van der Waals surface area contributed by atoms with Gasteiger partial charge in [0.2, 0.25) is 9.84 Å². The lowest BCUT2D eigenvalue weighted by Gasteiger charge is -2.13. The van der Waals surface area contributed by atoms with Gasteiger partial charge in [-0.3, -0.25) is 0 Å². The van der Waals surface area contributed by atoms with Gasteiger partial charge < -0.3 is 15.5 Å². The zero-order chi connectivity index (χ0) is 22.4. The molecule has 3 rings (SSSR count). The summed E-state index contributed by atoms with van der Waals surface area (Å²) in [7, 11) is -3.81. The molecule has 0 unspecified atom stereocenters. The summed E-state index contributed by atoms with van der Waals surface area (Å²) in [5.74, 6) is -1.18. The van der Waals surface area contributed by atoms with Crippen LogP contribution in [0.1, 0.15) is 27.6 Å². The van der Waals surface area contributed by atoms with Gasteiger partial charge in [-0.1, -0.05) is 41.9 Å². The lowest BCUT2D eigenvalue weighted by atomic mass is 10.1. The average molecular weight is 496 g/mol. The van der Waals surface area contributed by atoms with Gasteiger partial charge in [-0.2, -0.15) is 0 Å². The van der Waals surface area contributed by atoms with Crippen LogP contribution < -0.4 is 5.32 Å². The maximum absolute atomic E-state index is 12.8. The van der Waals surface area contributed by atoms with Crippen LogP contribution in [0.4, 0.5) is 0 Å². The highest BCUT2D eigenvalue weighted by Gasteiger charge is 2.19. The fraction of sp³-hybridized carbons (Fsp3) is 0.174. The van der Waals surface area contributed by atoms with Crippen LogP contribution >= 0.6 is 24.0 Å². The first-order chi connectivity index (χ1) is 14.8. The summed E-state index contributed by atoms with van der Waals surface area (Å²) in [4.78, 5) is 11.1. The smallest absolute Gasteiger partial charge is 0.335 e. The van der Waals surface area contributed by atoms with E-state index in [1.54, 1.807) is 30.3 Å². The third kappa shape index (κ3) is 6.54. The van der Waals surface area contributed by atoms with E-state index < -0.39 is 21.9 Å². The van der Waals surface area contributed by atoms with Crippen molar-refractivity contribution in [3.8, 4) is 0 Å². The third-order valence-corrected chi connectivity index (χ3v) is 6.79. The van der Waals surface area contributed by atoms with Crippen molar-refractivity contribution in [2.45, 2.75) is 22.3 Å². The normalized spacial score (nSPS) is 12.1. The number of carboxylic acids is 1. The molecular weight excluding hydrogens is 473 g/mol. The van der Waals surface area contributed by atoms with Crippen molar-refractivity contribution >= 4 is 39.8 Å². The standard InChI is InChI=1S/C23H22ClNO5S.ClH/c24-19-5-1-3-17(13-19)22(26)15-25-12-11-16-7-9-20(10-8-16)31(29,30)21-6-2-4-18(14-21)23(27)28;/h1-10,13-14,22,25-26H,11-12,15H2,(H,27,28);1H/t22-;/m1./s1. The van der Waals surface area contributed by atoms with Crippen LogP contribution in [0, 0.1) is 0 Å². The van der Waals surface area contributed by atoms with Gasteiger partial charge in [0.05, 0.1) is 21.5 Å². The predicted octanol–water partition coefficient (Wildman–Crippen LogP) is 4.16. The number of carboxylic acid groups (broad SMARTS) is 1. The maximum Gasteiger partial charge on any atom is 0.335 e. The molecule has 0 saturated heterocycles. The Morgan fingerprint density at radius 2 is 1.66 bits per heavy atom. The van der Waals surface area contributed by atoms with E-state index in [9.17, 15) is 18.3 Å². The monoisotopic (exact) mass is 495 g/mol. The largest absolute Gasteiger partial charge is 0.478 e. The number of sulfone groups is 1. The van der Waals surface area contributed by atoms with Gasteiger partial charge in [-0.05, 0) is 66.6 Å². The fourth-order valence-electron chi connectivity index (χ4n) is 3.07. The van der Waals surface area contributed by atoms with Crippen LogP contribution in [0.5, 0.6) is 0 Å². The first-order valence-corrected chi connectivity index (χ1v) is 11.4. The number of carbonyl (C=O) groups is 1. The second-order valence-electron chi connectivity index (χ2n) is 7.01. The van der Waals surface area contributed by atoms with Crippen LogP contribution in [-0.2, 0) is 16.3 Å². The van der Waals surface area contributed by atoms with Crippen LogP contribution in [0.2, 0.25) is 5.02 Å². The second-order valence-corrected chi connectivity index (χ2v) is 9.39. The number of aliphatic hydroxyl groups is 1. The molecule has 0 aliphatic carbocycles. The van der Waals surface area contributed by atoms with Gasteiger partial charge in [0.15, 0.2) is 0 Å². The number of nitrogens with one attached hydrogen (secondary N) is 1. The molecule has 32 heavy (non-hydrogen) atoms. The molecule has 0 aromatic heterocycles. The fourth-order valence-corrected chi connectivity index (χ4v) is 4.58. The highest BCUT2D eigenvalue weighted by molar-refractivity contribution is 7.91. The molecule has 3 aromatic rings. The molecule has 0 fully saturated rings. The Morgan fingerprint density at radius 3 is 2.31 bits per heavy atom. The Labute approximate surface area is 198 Å². The maximum atomic E-state index is 12.8. The molecule has 0 bridgehead atoms. The van der Waals surface area contributed by atoms with Gasteiger partial charge in [0.25, 0.3) is 0 Å². The average Bonchev–Trinajstić information content (AvgIpc) is 2.77. The Morgan fingerprint density at radius 1 is 0.969 bits per heavy atom. The van der Waals surface area contributed by atoms with E-state index in [1.807, 2.05) is 6.07 Å². The Bertz CT molecular complexity index is 1170. The minimum absolute atomic E-state index is 0. The second kappa shape index (κ2) is 11.4. The quantitative estimate of drug-likeness (QED) is 0.385. The van der Waals surface area contributed by atoms with Crippen molar-refractivity contribution in [2.75, 3.05) is 13.1 Å². The minimum Gasteiger partial charge on any atom is -0.478 e. The molecule has 0 saturated carbocycles. The highest BCUT2D eigenvalue weighted by atomic mass is 35.5. The van der Waals surface area contributed by atoms with Gasteiger partial charge in [-0.25, -0.2) is 13.2 Å². The molecule has 0 spiro atoms. The van der Waals surface area contributed by atoms with Crippen molar-refractivity contribution in [1.29, 1.82) is 0 Å². The molecular formula is C23H23Cl2NO5S. The van der Waals surface area contributed by atoms with Crippen molar-refractivity contribution in [3.05, 3.63) is 94.5 Å². The number of hydrogen-bond donors (Lipinski definition) is 3. The summed E-state index contributed by atoms with van der Waals surface area (Å²) in [6.07, 6.45) is -0.0235. The van der Waals surface area contributed by atoms with E-state index in [2.05, 4.69) is 5.32 Å². The number of benzene rings is 3. The summed E-state index contributed by atoms with van der Waals surface area (Å²) in [6, 6.07) is 18.8. The molecule has 0 heterocycles. The molecule has 9 heteroatoms. The number of halogens is 2. The third-order valence-electron chi connectivity index (χ3n) is 4.79. The first-order valence-electron chi connectivity index (χ1n) is 9.59. The van der Waals surface area contributed by atoms with Crippen LogP contribution in [0.15, 0.2) is 82.6 Å². The van der Waals surface area contributed by atoms with E-state index in [1.165, 1.54) is 30.3 Å². The van der Waals surface area contributed by atoms with Gasteiger partial charge in [0.1, 0.15) is 0 Å². The number of rotatable bonds is 9. The summed E-state index contributed by atoms with van der Waals surface area (Å²) in [5.41, 5.74) is 1.59. The summed E-state index contributed by atoms with van der Waals surface area (Å²) < 4.78 is 25.5. The van der Waals surface area contributed by atoms with E-state index in [4.69, 9.17) is 16.7 Å². The zero-order valence-electron chi connectivity index (χ0n) is 16.9. The van der Waals surface area contributed by atoms with Crippen LogP contribution in [-0.4, -0.2) is 37.7 Å². The van der Waals surface area contributed by atoms with Crippen LogP contribution in [0.3, 0.4) is 0 Å². The van der Waals surface area contributed by atoms with E-state index in [0.717, 1.165) is 17.2 Å². The summed E-state index contributed by atoms with van der Waals surface area (Å²) in [5, 5.41) is 23.0. The Hall–Kier alpha value is -2.42. The molecule has 0 aliphatic heterocycles. The lowest BCUT2D eigenvalue weighted by Crippen LogP contribution is -2.23. The Balaban J connectivity index is 0.00000363. The molecule has 0 radical (unpaired) electrons. The minimum atomic E-state index is -3.81. The van der Waals surface area contributed by atoms with Crippen molar-refractivity contribution in [2.24, 2.45) is 0 Å². The molecule has 0 amide bonds. The van der Waals surface area contributed by atoms with Crippen molar-refractivity contribution in [1.82, 2.24) is 5.32 Å². The summed E-state index contributed by atoms with van der Waals surface area (Å²) >= 11 is 5.94. The molecule has 6 nitrogen and oxygen atoms in total. The van der Waals surface area contributed by atoms with Gasteiger partial charge in [0, 0.05) is 11.6 Å². The molecule has 3 N–H and O–H groups in total. The van der Waals surface area contributed by atoms with Crippen molar-refractivity contribution in [3.63, 3.8) is 0 Å². The molecule has 170 valence electrons. The van der Waals surface area contributed by atoms with E-state index >= 15 is 0 Å². The zero-order valence-corrected chi connectivity index (χ0v) is 19.3. The van der Waals surface area contributed by atoms with Gasteiger partial charge in [-0.15, -0.1) is 12.4 Å². The molecule has 0 aliphatic rings. The van der Waals surface area contributed by atoms with E-state index in [-0.39, 0.29) is 27.8 Å². The van der Waals surface area contributed by atoms with Gasteiger partial charge >= 0.3 is 5.97 Å². The topological polar surface area (TPSA) is 104 Å². The van der Waals surface area contributed by atoms with Crippen molar-refractivity contribution < 1.29 is 23.4 Å². The lowest BCUT2D eigenvalue weighted by molar-refractivity contribution is 0.0696. The van der Waals surface area contributed by atoms with Crippen LogP contribution in [0.25, 0.3) is 0 Å². The molecule has 1 atom stereocenters. The first kappa shape index (κ1) is 25.8.